The Morgan fingerprint density at radius 2 is 1.04 bits per heavy atom. The zero-order valence-corrected chi connectivity index (χ0v) is 18.2. The molecule has 1 unspecified atom stereocenters. The average molecular weight is 356 g/mol. The molecular formula is C23H49NO. The highest BCUT2D eigenvalue weighted by molar-refractivity contribution is 4.61. The second-order valence-corrected chi connectivity index (χ2v) is 8.12. The van der Waals surface area contributed by atoms with Crippen LogP contribution in [0.4, 0.5) is 0 Å². The van der Waals surface area contributed by atoms with E-state index < -0.39 is 0 Å². The van der Waals surface area contributed by atoms with E-state index in [1.54, 1.807) is 0 Å². The summed E-state index contributed by atoms with van der Waals surface area (Å²) in [6, 6.07) is 0. The smallest absolute Gasteiger partial charge is 0.0575 e. The van der Waals surface area contributed by atoms with Crippen molar-refractivity contribution < 1.29 is 4.74 Å². The number of hydrogen-bond acceptors (Lipinski definition) is 2. The maximum Gasteiger partial charge on any atom is 0.0575 e. The fourth-order valence-electron chi connectivity index (χ4n) is 3.42. The summed E-state index contributed by atoms with van der Waals surface area (Å²) in [6.07, 6.45) is 22.4. The van der Waals surface area contributed by atoms with Crippen LogP contribution in [-0.4, -0.2) is 38.3 Å². The molecule has 0 fully saturated rings. The number of ether oxygens (including phenoxy) is 1. The Bertz CT molecular complexity index is 242. The van der Waals surface area contributed by atoms with Gasteiger partial charge in [-0.1, -0.05) is 97.3 Å². The number of unbranched alkanes of at least 4 members (excludes halogenated alkanes) is 11. The van der Waals surface area contributed by atoms with Gasteiger partial charge in [0.25, 0.3) is 0 Å². The first-order valence-corrected chi connectivity index (χ1v) is 11.5. The molecule has 1 atom stereocenters. The van der Waals surface area contributed by atoms with E-state index in [9.17, 15) is 0 Å². The third-order valence-electron chi connectivity index (χ3n) is 5.11. The molecular weight excluding hydrogens is 306 g/mol. The molecule has 152 valence electrons. The van der Waals surface area contributed by atoms with Crippen LogP contribution >= 0.6 is 0 Å². The van der Waals surface area contributed by atoms with Crippen molar-refractivity contribution in [2.45, 2.75) is 123 Å². The highest BCUT2D eigenvalue weighted by Crippen LogP contribution is 2.17. The molecule has 0 aliphatic rings. The molecule has 0 rings (SSSR count). The van der Waals surface area contributed by atoms with Crippen LogP contribution in [0.2, 0.25) is 0 Å². The molecule has 25 heavy (non-hydrogen) atoms. The maximum atomic E-state index is 6.24. The molecule has 2 heteroatoms. The zero-order chi connectivity index (χ0) is 18.6. The van der Waals surface area contributed by atoms with Crippen molar-refractivity contribution >= 4 is 0 Å². The monoisotopic (exact) mass is 355 g/mol. The summed E-state index contributed by atoms with van der Waals surface area (Å²) in [5.74, 6) is 0. The summed E-state index contributed by atoms with van der Waals surface area (Å²) < 4.78 is 6.24. The molecule has 2 nitrogen and oxygen atoms in total. The summed E-state index contributed by atoms with van der Waals surface area (Å²) in [6.45, 7) is 6.66. The molecule has 0 amide bonds. The van der Waals surface area contributed by atoms with Gasteiger partial charge in [-0.05, 0) is 39.9 Å². The van der Waals surface area contributed by atoms with Crippen molar-refractivity contribution in [3.05, 3.63) is 0 Å². The molecule has 0 heterocycles. The van der Waals surface area contributed by atoms with E-state index in [-0.39, 0.29) is 0 Å². The Morgan fingerprint density at radius 3 is 1.48 bits per heavy atom. The van der Waals surface area contributed by atoms with Gasteiger partial charge >= 0.3 is 0 Å². The van der Waals surface area contributed by atoms with Crippen molar-refractivity contribution in [1.29, 1.82) is 0 Å². The predicted octanol–water partition coefficient (Wildman–Crippen LogP) is 7.21. The van der Waals surface area contributed by atoms with Crippen molar-refractivity contribution in [1.82, 2.24) is 4.90 Å². The van der Waals surface area contributed by atoms with Crippen molar-refractivity contribution in [2.24, 2.45) is 0 Å². The minimum atomic E-state index is 0.518. The Balaban J connectivity index is 3.78. The van der Waals surface area contributed by atoms with Crippen LogP contribution < -0.4 is 0 Å². The van der Waals surface area contributed by atoms with Gasteiger partial charge in [-0.15, -0.1) is 0 Å². The quantitative estimate of drug-likeness (QED) is 0.214. The molecule has 0 aliphatic heterocycles. The van der Waals surface area contributed by atoms with Gasteiger partial charge in [0.1, 0.15) is 0 Å². The average Bonchev–Trinajstić information content (AvgIpc) is 2.59. The zero-order valence-electron chi connectivity index (χ0n) is 18.2. The fourth-order valence-corrected chi connectivity index (χ4v) is 3.42. The van der Waals surface area contributed by atoms with Gasteiger partial charge in [0.15, 0.2) is 0 Å². The highest BCUT2D eigenvalue weighted by Gasteiger charge is 2.09. The third-order valence-corrected chi connectivity index (χ3v) is 5.11. The number of hydrogen-bond donors (Lipinski definition) is 0. The van der Waals surface area contributed by atoms with E-state index in [0.717, 1.165) is 19.6 Å². The summed E-state index contributed by atoms with van der Waals surface area (Å²) in [5, 5.41) is 0. The number of nitrogens with zero attached hydrogens (tertiary/aromatic N) is 1. The second-order valence-electron chi connectivity index (χ2n) is 8.12. The molecule has 0 aromatic carbocycles. The lowest BCUT2D eigenvalue weighted by Gasteiger charge is -2.19. The molecule has 0 saturated heterocycles. The lowest BCUT2D eigenvalue weighted by Crippen LogP contribution is -2.18. The SMILES string of the molecule is CCCCCCCCCC(CCCCCCCC)OCCCN(C)C. The third kappa shape index (κ3) is 20.1. The first kappa shape index (κ1) is 24.9. The molecule has 0 N–H and O–H groups in total. The van der Waals surface area contributed by atoms with E-state index in [0.29, 0.717) is 6.10 Å². The summed E-state index contributed by atoms with van der Waals surface area (Å²) in [4.78, 5) is 2.25. The van der Waals surface area contributed by atoms with Gasteiger partial charge in [0, 0.05) is 6.61 Å². The van der Waals surface area contributed by atoms with Gasteiger partial charge in [-0.3, -0.25) is 0 Å². The topological polar surface area (TPSA) is 12.5 Å². The van der Waals surface area contributed by atoms with Gasteiger partial charge in [-0.2, -0.15) is 0 Å². The molecule has 0 saturated carbocycles. The van der Waals surface area contributed by atoms with E-state index >= 15 is 0 Å². The first-order valence-electron chi connectivity index (χ1n) is 11.5. The van der Waals surface area contributed by atoms with Gasteiger partial charge in [0.05, 0.1) is 6.10 Å². The van der Waals surface area contributed by atoms with Crippen LogP contribution in [0.5, 0.6) is 0 Å². The first-order chi connectivity index (χ1) is 12.2. The molecule has 0 aliphatic carbocycles. The number of rotatable bonds is 20. The van der Waals surface area contributed by atoms with Gasteiger partial charge in [-0.25, -0.2) is 0 Å². The predicted molar refractivity (Wildman–Crippen MR) is 114 cm³/mol. The van der Waals surface area contributed by atoms with E-state index in [1.807, 2.05) is 0 Å². The van der Waals surface area contributed by atoms with Crippen LogP contribution in [0.25, 0.3) is 0 Å². The van der Waals surface area contributed by atoms with Crippen LogP contribution in [0, 0.1) is 0 Å². The van der Waals surface area contributed by atoms with E-state index in [1.165, 1.54) is 96.3 Å². The van der Waals surface area contributed by atoms with Gasteiger partial charge in [0.2, 0.25) is 0 Å². The Morgan fingerprint density at radius 1 is 0.600 bits per heavy atom. The van der Waals surface area contributed by atoms with Crippen molar-refractivity contribution in [3.8, 4) is 0 Å². The molecule has 0 radical (unpaired) electrons. The Labute approximate surface area is 160 Å². The summed E-state index contributed by atoms with van der Waals surface area (Å²) >= 11 is 0. The maximum absolute atomic E-state index is 6.24. The largest absolute Gasteiger partial charge is 0.378 e. The van der Waals surface area contributed by atoms with Crippen molar-refractivity contribution in [3.63, 3.8) is 0 Å². The lowest BCUT2D eigenvalue weighted by molar-refractivity contribution is 0.0342. The fraction of sp³-hybridized carbons (Fsp3) is 1.00. The minimum Gasteiger partial charge on any atom is -0.378 e. The molecule has 0 spiro atoms. The van der Waals surface area contributed by atoms with Crippen LogP contribution in [0.1, 0.15) is 117 Å². The molecule has 0 aromatic heterocycles. The second kappa shape index (κ2) is 20.2. The van der Waals surface area contributed by atoms with Crippen LogP contribution in [0.15, 0.2) is 0 Å². The highest BCUT2D eigenvalue weighted by atomic mass is 16.5. The Kier molecular flexibility index (Phi) is 20.2. The van der Waals surface area contributed by atoms with E-state index in [2.05, 4.69) is 32.8 Å². The normalized spacial score (nSPS) is 12.8. The molecule has 0 aromatic rings. The lowest BCUT2D eigenvalue weighted by atomic mass is 10.0. The molecule has 0 bridgehead atoms. The van der Waals surface area contributed by atoms with Crippen molar-refractivity contribution in [2.75, 3.05) is 27.2 Å². The minimum absolute atomic E-state index is 0.518. The summed E-state index contributed by atoms with van der Waals surface area (Å²) in [5.41, 5.74) is 0. The van der Waals surface area contributed by atoms with Gasteiger partial charge < -0.3 is 9.64 Å². The summed E-state index contributed by atoms with van der Waals surface area (Å²) in [7, 11) is 4.29. The van der Waals surface area contributed by atoms with E-state index in [4.69, 9.17) is 4.74 Å². The van der Waals surface area contributed by atoms with Crippen LogP contribution in [-0.2, 0) is 4.74 Å². The Hall–Kier alpha value is -0.0800. The van der Waals surface area contributed by atoms with Crippen LogP contribution in [0.3, 0.4) is 0 Å². The standard InChI is InChI=1S/C23H49NO/c1-5-7-9-11-13-15-17-20-23(25-22-18-21-24(3)4)19-16-14-12-10-8-6-2/h23H,5-22H2,1-4H3.